The Morgan fingerprint density at radius 2 is 2.14 bits per heavy atom. The van der Waals surface area contributed by atoms with Gasteiger partial charge in [-0.1, -0.05) is 6.07 Å². The third kappa shape index (κ3) is 2.15. The molecule has 0 unspecified atom stereocenters. The molecule has 2 aromatic heterocycles. The number of carbonyl (C=O) groups is 2. The van der Waals surface area contributed by atoms with E-state index in [1.807, 2.05) is 0 Å². The van der Waals surface area contributed by atoms with Crippen molar-refractivity contribution in [3.63, 3.8) is 0 Å². The number of aromatic nitrogens is 1. The second-order valence-electron chi connectivity index (χ2n) is 4.66. The van der Waals surface area contributed by atoms with E-state index in [2.05, 4.69) is 4.98 Å². The molecule has 1 amide bonds. The molecule has 0 saturated heterocycles. The van der Waals surface area contributed by atoms with Crippen LogP contribution in [0.5, 0.6) is 0 Å². The summed E-state index contributed by atoms with van der Waals surface area (Å²) in [6.07, 6.45) is 1.38. The first-order chi connectivity index (χ1) is 10.5. The minimum atomic E-state index is -0.560. The Bertz CT molecular complexity index is 917. The van der Waals surface area contributed by atoms with Crippen LogP contribution in [0.4, 0.5) is 5.82 Å². The largest absolute Gasteiger partial charge is 0.462 e. The molecule has 0 spiro atoms. The number of nitrogen functional groups attached to an aromatic ring is 1. The lowest BCUT2D eigenvalue weighted by molar-refractivity contribution is 0.0526. The number of primary amides is 1. The number of esters is 1. The summed E-state index contributed by atoms with van der Waals surface area (Å²) < 4.78 is 6.49. The van der Waals surface area contributed by atoms with E-state index in [4.69, 9.17) is 16.2 Å². The zero-order valence-electron chi connectivity index (χ0n) is 11.8. The molecule has 7 heteroatoms. The number of pyridine rings is 1. The molecule has 3 aromatic rings. The quantitative estimate of drug-likeness (QED) is 0.721. The molecule has 0 radical (unpaired) electrons. The van der Waals surface area contributed by atoms with Crippen molar-refractivity contribution in [2.24, 2.45) is 5.73 Å². The van der Waals surface area contributed by atoms with Crippen LogP contribution in [-0.2, 0) is 4.74 Å². The van der Waals surface area contributed by atoms with Gasteiger partial charge in [-0.25, -0.2) is 9.78 Å². The van der Waals surface area contributed by atoms with Gasteiger partial charge in [0, 0.05) is 21.7 Å². The smallest absolute Gasteiger partial charge is 0.338 e. The third-order valence-electron chi connectivity index (χ3n) is 3.30. The van der Waals surface area contributed by atoms with E-state index < -0.39 is 5.91 Å². The molecule has 22 heavy (non-hydrogen) atoms. The van der Waals surface area contributed by atoms with Crippen LogP contribution >= 0.6 is 11.3 Å². The lowest BCUT2D eigenvalue weighted by Gasteiger charge is -2.02. The Balaban J connectivity index is 2.29. The Kier molecular flexibility index (Phi) is 3.42. The molecule has 2 heterocycles. The van der Waals surface area contributed by atoms with Crippen LogP contribution in [0, 0.1) is 0 Å². The van der Waals surface area contributed by atoms with E-state index in [9.17, 15) is 9.59 Å². The summed E-state index contributed by atoms with van der Waals surface area (Å²) in [4.78, 5) is 27.4. The molecule has 1 aromatic carbocycles. The summed E-state index contributed by atoms with van der Waals surface area (Å²) in [6.45, 7) is 2.06. The number of hydrogen-bond donors (Lipinski definition) is 2. The van der Waals surface area contributed by atoms with Crippen LogP contribution in [0.25, 0.3) is 20.2 Å². The Hall–Kier alpha value is -2.67. The molecule has 0 aliphatic rings. The maximum absolute atomic E-state index is 11.8. The van der Waals surface area contributed by atoms with Gasteiger partial charge in [-0.3, -0.25) is 4.79 Å². The number of thiophene rings is 1. The lowest BCUT2D eigenvalue weighted by Crippen LogP contribution is -2.11. The van der Waals surface area contributed by atoms with Gasteiger partial charge in [0.2, 0.25) is 0 Å². The second kappa shape index (κ2) is 5.27. The SMILES string of the molecule is CCOC(=O)c1ccc2c(c1)sc1c(C(N)=O)cnc(N)c12. The van der Waals surface area contributed by atoms with E-state index in [-0.39, 0.29) is 5.97 Å². The highest BCUT2D eigenvalue weighted by Gasteiger charge is 2.17. The lowest BCUT2D eigenvalue weighted by atomic mass is 10.1. The van der Waals surface area contributed by atoms with Gasteiger partial charge in [-0.15, -0.1) is 11.3 Å². The number of nitrogens with two attached hydrogens (primary N) is 2. The minimum absolute atomic E-state index is 0.311. The van der Waals surface area contributed by atoms with E-state index in [1.54, 1.807) is 25.1 Å². The predicted octanol–water partition coefficient (Wildman–Crippen LogP) is 2.31. The fourth-order valence-corrected chi connectivity index (χ4v) is 3.58. The number of nitrogens with zero attached hydrogens (tertiary/aromatic N) is 1. The van der Waals surface area contributed by atoms with Crippen molar-refractivity contribution >= 4 is 49.2 Å². The first-order valence-corrected chi connectivity index (χ1v) is 7.42. The predicted molar refractivity (Wildman–Crippen MR) is 86.0 cm³/mol. The van der Waals surface area contributed by atoms with Crippen LogP contribution in [0.2, 0.25) is 0 Å². The van der Waals surface area contributed by atoms with Crippen molar-refractivity contribution in [1.82, 2.24) is 4.98 Å². The van der Waals surface area contributed by atoms with Gasteiger partial charge in [0.25, 0.3) is 5.91 Å². The van der Waals surface area contributed by atoms with Gasteiger partial charge in [-0.2, -0.15) is 0 Å². The number of hydrogen-bond acceptors (Lipinski definition) is 6. The number of ether oxygens (including phenoxy) is 1. The summed E-state index contributed by atoms with van der Waals surface area (Å²) in [7, 11) is 0. The molecule has 6 nitrogen and oxygen atoms in total. The molecule has 0 aliphatic heterocycles. The maximum Gasteiger partial charge on any atom is 0.338 e. The summed E-state index contributed by atoms with van der Waals surface area (Å²) in [5.41, 5.74) is 12.1. The van der Waals surface area contributed by atoms with Crippen LogP contribution in [0.1, 0.15) is 27.6 Å². The first kappa shape index (κ1) is 14.3. The van der Waals surface area contributed by atoms with E-state index in [0.717, 1.165) is 10.1 Å². The van der Waals surface area contributed by atoms with Gasteiger partial charge in [0.05, 0.1) is 22.4 Å². The van der Waals surface area contributed by atoms with Crippen molar-refractivity contribution in [1.29, 1.82) is 0 Å². The van der Waals surface area contributed by atoms with Gasteiger partial charge < -0.3 is 16.2 Å². The third-order valence-corrected chi connectivity index (χ3v) is 4.49. The molecule has 0 bridgehead atoms. The Morgan fingerprint density at radius 3 is 2.82 bits per heavy atom. The zero-order chi connectivity index (χ0) is 15.9. The van der Waals surface area contributed by atoms with Crippen LogP contribution in [0.15, 0.2) is 24.4 Å². The fraction of sp³-hybridized carbons (Fsp3) is 0.133. The van der Waals surface area contributed by atoms with Crippen molar-refractivity contribution in [3.05, 3.63) is 35.5 Å². The number of amides is 1. The van der Waals surface area contributed by atoms with Crippen LogP contribution in [0.3, 0.4) is 0 Å². The molecule has 0 atom stereocenters. The Labute approximate surface area is 129 Å². The van der Waals surface area contributed by atoms with E-state index in [1.165, 1.54) is 17.5 Å². The number of anilines is 1. The van der Waals surface area contributed by atoms with Crippen LogP contribution < -0.4 is 11.5 Å². The average molecular weight is 315 g/mol. The highest BCUT2D eigenvalue weighted by atomic mass is 32.1. The summed E-state index contributed by atoms with van der Waals surface area (Å²) in [5, 5.41) is 1.52. The van der Waals surface area contributed by atoms with Crippen molar-refractivity contribution in [2.75, 3.05) is 12.3 Å². The topological polar surface area (TPSA) is 108 Å². The number of benzene rings is 1. The standard InChI is InChI=1S/C15H13N3O3S/c1-2-21-15(20)7-3-4-8-10(5-7)22-12-9(14(17)19)6-18-13(16)11(8)12/h3-6H,2H2,1H3,(H2,16,18)(H2,17,19). The Morgan fingerprint density at radius 1 is 1.36 bits per heavy atom. The molecule has 0 saturated carbocycles. The maximum atomic E-state index is 11.8. The average Bonchev–Trinajstić information content (AvgIpc) is 2.86. The monoisotopic (exact) mass is 315 g/mol. The first-order valence-electron chi connectivity index (χ1n) is 6.60. The molecule has 112 valence electrons. The van der Waals surface area contributed by atoms with Crippen molar-refractivity contribution < 1.29 is 14.3 Å². The van der Waals surface area contributed by atoms with Gasteiger partial charge in [0.1, 0.15) is 5.82 Å². The van der Waals surface area contributed by atoms with E-state index in [0.29, 0.717) is 33.6 Å². The number of carbonyl (C=O) groups excluding carboxylic acids is 2. The van der Waals surface area contributed by atoms with Gasteiger partial charge in [0.15, 0.2) is 0 Å². The minimum Gasteiger partial charge on any atom is -0.462 e. The zero-order valence-corrected chi connectivity index (χ0v) is 12.6. The molecular weight excluding hydrogens is 302 g/mol. The van der Waals surface area contributed by atoms with Crippen molar-refractivity contribution in [2.45, 2.75) is 6.92 Å². The summed E-state index contributed by atoms with van der Waals surface area (Å²) >= 11 is 1.35. The summed E-state index contributed by atoms with van der Waals surface area (Å²) in [6, 6.07) is 5.17. The van der Waals surface area contributed by atoms with Gasteiger partial charge in [-0.05, 0) is 19.1 Å². The second-order valence-corrected chi connectivity index (χ2v) is 5.71. The normalized spacial score (nSPS) is 11.0. The van der Waals surface area contributed by atoms with Crippen molar-refractivity contribution in [3.8, 4) is 0 Å². The molecule has 4 N–H and O–H groups in total. The molecular formula is C15H13N3O3S. The number of fused-ring (bicyclic) bond motifs is 3. The fourth-order valence-electron chi connectivity index (χ4n) is 2.31. The molecule has 0 aliphatic carbocycles. The highest BCUT2D eigenvalue weighted by Crippen LogP contribution is 2.38. The molecule has 0 fully saturated rings. The summed E-state index contributed by atoms with van der Waals surface area (Å²) in [5.74, 6) is -0.618. The van der Waals surface area contributed by atoms with E-state index >= 15 is 0 Å². The molecule has 3 rings (SSSR count). The van der Waals surface area contributed by atoms with Gasteiger partial charge >= 0.3 is 5.97 Å². The highest BCUT2D eigenvalue weighted by molar-refractivity contribution is 7.26. The number of rotatable bonds is 3. The van der Waals surface area contributed by atoms with Crippen LogP contribution in [-0.4, -0.2) is 23.5 Å².